The van der Waals surface area contributed by atoms with Crippen molar-refractivity contribution in [2.45, 2.75) is 13.5 Å². The Labute approximate surface area is 129 Å². The van der Waals surface area contributed by atoms with Crippen LogP contribution in [-0.4, -0.2) is 12.5 Å². The third-order valence-electron chi connectivity index (χ3n) is 2.89. The molecule has 0 aliphatic heterocycles. The van der Waals surface area contributed by atoms with Crippen LogP contribution in [0.15, 0.2) is 48.5 Å². The topological polar surface area (TPSA) is 50.4 Å². The zero-order valence-electron chi connectivity index (χ0n) is 11.7. The molecule has 0 radical (unpaired) electrons. The molecule has 0 saturated carbocycles. The van der Waals surface area contributed by atoms with E-state index in [0.29, 0.717) is 17.3 Å². The molecule has 0 bridgehead atoms. The zero-order valence-corrected chi connectivity index (χ0v) is 12.5. The van der Waals surface area contributed by atoms with Gasteiger partial charge in [-0.25, -0.2) is 0 Å². The maximum absolute atomic E-state index is 11.8. The number of rotatable bonds is 6. The molecule has 2 rings (SSSR count). The van der Waals surface area contributed by atoms with Crippen molar-refractivity contribution < 1.29 is 9.63 Å². The Morgan fingerprint density at radius 2 is 1.95 bits per heavy atom. The quantitative estimate of drug-likeness (QED) is 0.636. The molecule has 0 aromatic heterocycles. The lowest BCUT2D eigenvalue weighted by atomic mass is 10.2. The lowest BCUT2D eigenvalue weighted by molar-refractivity contribution is -0.118. The third-order valence-corrected chi connectivity index (χ3v) is 3.13. The predicted molar refractivity (Wildman–Crippen MR) is 84.1 cm³/mol. The van der Waals surface area contributed by atoms with E-state index in [2.05, 4.69) is 10.8 Å². The second-order valence-electron chi connectivity index (χ2n) is 4.60. The zero-order chi connectivity index (χ0) is 15.1. The highest BCUT2D eigenvalue weighted by Crippen LogP contribution is 2.19. The van der Waals surface area contributed by atoms with Crippen LogP contribution in [0.5, 0.6) is 0 Å². The van der Waals surface area contributed by atoms with Crippen LogP contribution in [0.2, 0.25) is 5.02 Å². The lowest BCUT2D eigenvalue weighted by Crippen LogP contribution is -2.28. The van der Waals surface area contributed by atoms with E-state index in [1.54, 1.807) is 12.1 Å². The summed E-state index contributed by atoms with van der Waals surface area (Å²) >= 11 is 5.90. The summed E-state index contributed by atoms with van der Waals surface area (Å²) in [6.07, 6.45) is 0. The smallest absolute Gasteiger partial charge is 0.240 e. The fraction of sp³-hybridized carbons (Fsp3) is 0.188. The van der Waals surface area contributed by atoms with Crippen LogP contribution in [0.3, 0.4) is 0 Å². The summed E-state index contributed by atoms with van der Waals surface area (Å²) in [6, 6.07) is 15.1. The number of hydrogen-bond acceptors (Lipinski definition) is 3. The number of hydrogen-bond donors (Lipinski definition) is 2. The van der Waals surface area contributed by atoms with Gasteiger partial charge in [-0.15, -0.1) is 0 Å². The molecule has 2 N–H and O–H groups in total. The lowest BCUT2D eigenvalue weighted by Gasteiger charge is -2.10. The predicted octanol–water partition coefficient (Wildman–Crippen LogP) is 3.31. The van der Waals surface area contributed by atoms with Gasteiger partial charge in [0.05, 0.1) is 6.61 Å². The Kier molecular flexibility index (Phi) is 5.75. The summed E-state index contributed by atoms with van der Waals surface area (Å²) in [5, 5.41) is 3.37. The minimum atomic E-state index is -0.187. The summed E-state index contributed by atoms with van der Waals surface area (Å²) in [6.45, 7) is 2.38. The van der Waals surface area contributed by atoms with Gasteiger partial charge in [-0.3, -0.25) is 9.63 Å². The van der Waals surface area contributed by atoms with Crippen LogP contribution in [-0.2, 0) is 16.2 Å². The first-order valence-electron chi connectivity index (χ1n) is 6.60. The van der Waals surface area contributed by atoms with Crippen LogP contribution < -0.4 is 10.8 Å². The molecule has 21 heavy (non-hydrogen) atoms. The van der Waals surface area contributed by atoms with E-state index in [1.807, 2.05) is 43.3 Å². The second-order valence-corrected chi connectivity index (χ2v) is 5.04. The summed E-state index contributed by atoms with van der Waals surface area (Å²) in [5.41, 5.74) is 5.34. The van der Waals surface area contributed by atoms with Gasteiger partial charge in [0.1, 0.15) is 6.54 Å². The van der Waals surface area contributed by atoms with E-state index in [1.165, 1.54) is 0 Å². The van der Waals surface area contributed by atoms with Crippen LogP contribution >= 0.6 is 11.6 Å². The molecule has 0 aliphatic carbocycles. The molecule has 5 heteroatoms. The molecule has 1 amide bonds. The maximum atomic E-state index is 11.8. The number of anilines is 1. The minimum Gasteiger partial charge on any atom is -0.325 e. The van der Waals surface area contributed by atoms with Crippen molar-refractivity contribution in [2.75, 3.05) is 11.9 Å². The van der Waals surface area contributed by atoms with E-state index >= 15 is 0 Å². The van der Waals surface area contributed by atoms with Crippen molar-refractivity contribution in [1.82, 2.24) is 5.48 Å². The van der Waals surface area contributed by atoms with Gasteiger partial charge in [-0.1, -0.05) is 48.0 Å². The van der Waals surface area contributed by atoms with Gasteiger partial charge in [-0.05, 0) is 30.2 Å². The molecule has 0 unspecified atom stereocenters. The highest BCUT2D eigenvalue weighted by molar-refractivity contribution is 6.31. The largest absolute Gasteiger partial charge is 0.325 e. The normalized spacial score (nSPS) is 10.4. The molecule has 0 fully saturated rings. The molecule has 2 aromatic rings. The Morgan fingerprint density at radius 3 is 2.71 bits per heavy atom. The average molecular weight is 305 g/mol. The molecule has 0 spiro atoms. The molecule has 110 valence electrons. The standard InChI is InChI=1S/C16H17ClN2O2/c1-12-7-8-14(17)9-15(12)19-16(20)10-18-21-11-13-5-3-2-4-6-13/h2-9,18H,10-11H2,1H3,(H,19,20). The van der Waals surface area contributed by atoms with Gasteiger partial charge in [0, 0.05) is 10.7 Å². The second kappa shape index (κ2) is 7.78. The Morgan fingerprint density at radius 1 is 1.19 bits per heavy atom. The number of nitrogens with one attached hydrogen (secondary N) is 2. The molecule has 0 aliphatic rings. The van der Waals surface area contributed by atoms with Gasteiger partial charge in [-0.2, -0.15) is 5.48 Å². The number of halogens is 1. The summed E-state index contributed by atoms with van der Waals surface area (Å²) in [7, 11) is 0. The average Bonchev–Trinajstić information content (AvgIpc) is 2.48. The Hall–Kier alpha value is -1.88. The maximum Gasteiger partial charge on any atom is 0.240 e. The Bertz CT molecular complexity index is 602. The van der Waals surface area contributed by atoms with E-state index in [-0.39, 0.29) is 12.5 Å². The van der Waals surface area contributed by atoms with Gasteiger partial charge in [0.2, 0.25) is 5.91 Å². The summed E-state index contributed by atoms with van der Waals surface area (Å²) in [4.78, 5) is 17.0. The van der Waals surface area contributed by atoms with Crippen molar-refractivity contribution in [1.29, 1.82) is 0 Å². The van der Waals surface area contributed by atoms with Gasteiger partial charge >= 0.3 is 0 Å². The third kappa shape index (κ3) is 5.19. The number of carbonyl (C=O) groups excluding carboxylic acids is 1. The molecular formula is C16H17ClN2O2. The van der Waals surface area contributed by atoms with E-state index in [0.717, 1.165) is 11.1 Å². The fourth-order valence-corrected chi connectivity index (χ4v) is 1.92. The number of carbonyl (C=O) groups is 1. The first kappa shape index (κ1) is 15.5. The number of benzene rings is 2. The van der Waals surface area contributed by atoms with E-state index in [9.17, 15) is 4.79 Å². The number of amides is 1. The van der Waals surface area contributed by atoms with Crippen molar-refractivity contribution in [3.05, 3.63) is 64.7 Å². The van der Waals surface area contributed by atoms with Crippen LogP contribution in [0, 0.1) is 6.92 Å². The van der Waals surface area contributed by atoms with Gasteiger partial charge in [0.25, 0.3) is 0 Å². The first-order valence-corrected chi connectivity index (χ1v) is 6.97. The van der Waals surface area contributed by atoms with Crippen molar-refractivity contribution in [3.8, 4) is 0 Å². The van der Waals surface area contributed by atoms with Crippen LogP contribution in [0.4, 0.5) is 5.69 Å². The van der Waals surface area contributed by atoms with Crippen molar-refractivity contribution in [3.63, 3.8) is 0 Å². The fourth-order valence-electron chi connectivity index (χ4n) is 1.75. The molecular weight excluding hydrogens is 288 g/mol. The molecule has 2 aromatic carbocycles. The molecule has 4 nitrogen and oxygen atoms in total. The molecule has 0 heterocycles. The molecule has 0 saturated heterocycles. The van der Waals surface area contributed by atoms with Crippen LogP contribution in [0.1, 0.15) is 11.1 Å². The minimum absolute atomic E-state index is 0.0682. The van der Waals surface area contributed by atoms with Gasteiger partial charge < -0.3 is 5.32 Å². The number of aryl methyl sites for hydroxylation is 1. The highest BCUT2D eigenvalue weighted by Gasteiger charge is 2.05. The first-order chi connectivity index (χ1) is 10.1. The summed E-state index contributed by atoms with van der Waals surface area (Å²) in [5.74, 6) is -0.187. The van der Waals surface area contributed by atoms with Crippen molar-refractivity contribution in [2.24, 2.45) is 0 Å². The van der Waals surface area contributed by atoms with Gasteiger partial charge in [0.15, 0.2) is 0 Å². The van der Waals surface area contributed by atoms with E-state index in [4.69, 9.17) is 16.4 Å². The van der Waals surface area contributed by atoms with Crippen LogP contribution in [0.25, 0.3) is 0 Å². The summed E-state index contributed by atoms with van der Waals surface area (Å²) < 4.78 is 0. The van der Waals surface area contributed by atoms with E-state index < -0.39 is 0 Å². The SMILES string of the molecule is Cc1ccc(Cl)cc1NC(=O)CNOCc1ccccc1. The van der Waals surface area contributed by atoms with Crippen molar-refractivity contribution >= 4 is 23.2 Å². The Balaban J connectivity index is 1.74. The number of hydroxylamine groups is 1. The monoisotopic (exact) mass is 304 g/mol. The highest BCUT2D eigenvalue weighted by atomic mass is 35.5. The molecule has 0 atom stereocenters.